The Balaban J connectivity index is 2.87. The predicted molar refractivity (Wildman–Crippen MR) is 64.2 cm³/mol. The maximum absolute atomic E-state index is 13.4. The smallest absolute Gasteiger partial charge is 0.304 e. The first-order valence-electron chi connectivity index (χ1n) is 5.64. The zero-order chi connectivity index (χ0) is 13.0. The fourth-order valence-corrected chi connectivity index (χ4v) is 1.83. The van der Waals surface area contributed by atoms with E-state index in [4.69, 9.17) is 5.73 Å². The number of nitro groups is 1. The van der Waals surface area contributed by atoms with Crippen LogP contribution in [-0.2, 0) is 6.42 Å². The van der Waals surface area contributed by atoms with Crippen LogP contribution < -0.4 is 5.73 Å². The van der Waals surface area contributed by atoms with Crippen LogP contribution in [0.5, 0.6) is 0 Å². The Labute approximate surface area is 99.8 Å². The van der Waals surface area contributed by atoms with E-state index in [1.807, 2.05) is 13.8 Å². The van der Waals surface area contributed by atoms with Crippen molar-refractivity contribution in [3.8, 4) is 0 Å². The van der Waals surface area contributed by atoms with Crippen LogP contribution in [0.2, 0.25) is 0 Å². The first-order valence-corrected chi connectivity index (χ1v) is 5.64. The van der Waals surface area contributed by atoms with Crippen LogP contribution in [0.1, 0.15) is 25.8 Å². The van der Waals surface area contributed by atoms with Gasteiger partial charge in [-0.05, 0) is 30.9 Å². The van der Waals surface area contributed by atoms with Crippen LogP contribution >= 0.6 is 0 Å². The van der Waals surface area contributed by atoms with Crippen molar-refractivity contribution in [1.82, 2.24) is 0 Å². The Morgan fingerprint density at radius 1 is 1.53 bits per heavy atom. The Kier molecular flexibility index (Phi) is 4.57. The van der Waals surface area contributed by atoms with Gasteiger partial charge in [-0.3, -0.25) is 10.1 Å². The van der Waals surface area contributed by atoms with Crippen molar-refractivity contribution in [1.29, 1.82) is 0 Å². The lowest BCUT2D eigenvalue weighted by Crippen LogP contribution is -2.27. The molecule has 1 aromatic rings. The van der Waals surface area contributed by atoms with Crippen molar-refractivity contribution in [2.45, 2.75) is 32.7 Å². The summed E-state index contributed by atoms with van der Waals surface area (Å²) in [6.45, 7) is 3.94. The summed E-state index contributed by atoms with van der Waals surface area (Å²) in [5.74, 6) is -0.525. The molecular formula is C12H17FN2O2. The Bertz CT molecular complexity index is 407. The highest BCUT2D eigenvalue weighted by Crippen LogP contribution is 2.21. The van der Waals surface area contributed by atoms with Gasteiger partial charge in [0.15, 0.2) is 0 Å². The van der Waals surface area contributed by atoms with Gasteiger partial charge in [0.05, 0.1) is 4.92 Å². The molecule has 0 saturated carbocycles. The number of benzene rings is 1. The number of hydrogen-bond acceptors (Lipinski definition) is 3. The quantitative estimate of drug-likeness (QED) is 0.635. The summed E-state index contributed by atoms with van der Waals surface area (Å²) < 4.78 is 13.4. The molecule has 0 fully saturated rings. The van der Waals surface area contributed by atoms with Gasteiger partial charge in [-0.1, -0.05) is 19.4 Å². The van der Waals surface area contributed by atoms with Crippen molar-refractivity contribution >= 4 is 5.69 Å². The summed E-state index contributed by atoms with van der Waals surface area (Å²) in [6, 6.07) is 4.05. The second kappa shape index (κ2) is 5.72. The van der Waals surface area contributed by atoms with Crippen LogP contribution in [0.15, 0.2) is 18.2 Å². The SMILES string of the molecule is CCC(Cc1ccc([N+](=O)[O-])c(F)c1)C(C)N. The molecule has 1 aromatic carbocycles. The van der Waals surface area contributed by atoms with Crippen molar-refractivity contribution < 1.29 is 9.31 Å². The molecule has 0 heterocycles. The third kappa shape index (κ3) is 3.49. The minimum absolute atomic E-state index is 0.0262. The summed E-state index contributed by atoms with van der Waals surface area (Å²) in [7, 11) is 0. The van der Waals surface area contributed by atoms with Crippen LogP contribution in [0.25, 0.3) is 0 Å². The van der Waals surface area contributed by atoms with Crippen molar-refractivity contribution in [3.05, 3.63) is 39.7 Å². The minimum Gasteiger partial charge on any atom is -0.328 e. The van der Waals surface area contributed by atoms with Gasteiger partial charge in [-0.2, -0.15) is 4.39 Å². The highest BCUT2D eigenvalue weighted by Gasteiger charge is 2.17. The zero-order valence-electron chi connectivity index (χ0n) is 10.0. The molecule has 2 unspecified atom stereocenters. The minimum atomic E-state index is -0.785. The molecule has 0 spiro atoms. The lowest BCUT2D eigenvalue weighted by molar-refractivity contribution is -0.387. The van der Waals surface area contributed by atoms with E-state index in [1.54, 1.807) is 6.07 Å². The van der Waals surface area contributed by atoms with Gasteiger partial charge in [-0.25, -0.2) is 0 Å². The molecule has 5 heteroatoms. The fraction of sp³-hybridized carbons (Fsp3) is 0.500. The molecule has 1 rings (SSSR count). The number of nitro benzene ring substituents is 1. The highest BCUT2D eigenvalue weighted by atomic mass is 19.1. The highest BCUT2D eigenvalue weighted by molar-refractivity contribution is 5.35. The number of nitrogens with two attached hydrogens (primary N) is 1. The van der Waals surface area contributed by atoms with Crippen molar-refractivity contribution in [2.75, 3.05) is 0 Å². The maximum Gasteiger partial charge on any atom is 0.304 e. The van der Waals surface area contributed by atoms with Crippen LogP contribution in [0.3, 0.4) is 0 Å². The van der Waals surface area contributed by atoms with Gasteiger partial charge in [0.1, 0.15) is 0 Å². The van der Waals surface area contributed by atoms with E-state index in [0.29, 0.717) is 6.42 Å². The number of rotatable bonds is 5. The van der Waals surface area contributed by atoms with E-state index in [9.17, 15) is 14.5 Å². The zero-order valence-corrected chi connectivity index (χ0v) is 10.0. The van der Waals surface area contributed by atoms with E-state index in [1.165, 1.54) is 12.1 Å². The van der Waals surface area contributed by atoms with E-state index in [2.05, 4.69) is 0 Å². The van der Waals surface area contributed by atoms with Gasteiger partial charge in [0.25, 0.3) is 0 Å². The van der Waals surface area contributed by atoms with Gasteiger partial charge in [-0.15, -0.1) is 0 Å². The average molecular weight is 240 g/mol. The maximum atomic E-state index is 13.4. The second-order valence-electron chi connectivity index (χ2n) is 4.27. The molecule has 2 atom stereocenters. The molecule has 0 aliphatic heterocycles. The van der Waals surface area contributed by atoms with Gasteiger partial charge >= 0.3 is 5.69 Å². The summed E-state index contributed by atoms with van der Waals surface area (Å²) in [6.07, 6.45) is 1.54. The molecular weight excluding hydrogens is 223 g/mol. The molecule has 0 saturated heterocycles. The number of nitrogens with zero attached hydrogens (tertiary/aromatic N) is 1. The largest absolute Gasteiger partial charge is 0.328 e. The Morgan fingerprint density at radius 3 is 2.59 bits per heavy atom. The normalized spacial score (nSPS) is 14.4. The first-order chi connectivity index (χ1) is 7.95. The Hall–Kier alpha value is -1.49. The lowest BCUT2D eigenvalue weighted by Gasteiger charge is -2.18. The van der Waals surface area contributed by atoms with Gasteiger partial charge in [0, 0.05) is 12.1 Å². The molecule has 0 aromatic heterocycles. The number of halogens is 1. The first kappa shape index (κ1) is 13.6. The van der Waals surface area contributed by atoms with E-state index in [-0.39, 0.29) is 12.0 Å². The van der Waals surface area contributed by atoms with Gasteiger partial charge < -0.3 is 5.73 Å². The predicted octanol–water partition coefficient (Wildman–Crippen LogP) is 2.65. The topological polar surface area (TPSA) is 69.2 Å². The van der Waals surface area contributed by atoms with Crippen molar-refractivity contribution in [3.63, 3.8) is 0 Å². The fourth-order valence-electron chi connectivity index (χ4n) is 1.83. The summed E-state index contributed by atoms with van der Waals surface area (Å²) >= 11 is 0. The standard InChI is InChI=1S/C12H17FN2O2/c1-3-10(8(2)14)6-9-4-5-12(15(16)17)11(13)7-9/h4-5,7-8,10H,3,6,14H2,1-2H3. The summed E-state index contributed by atoms with van der Waals surface area (Å²) in [5, 5.41) is 10.5. The van der Waals surface area contributed by atoms with Crippen LogP contribution in [0, 0.1) is 21.8 Å². The monoisotopic (exact) mass is 240 g/mol. The summed E-state index contributed by atoms with van der Waals surface area (Å²) in [5.41, 5.74) is 6.07. The third-order valence-electron chi connectivity index (χ3n) is 2.97. The Morgan fingerprint density at radius 2 is 2.18 bits per heavy atom. The molecule has 0 radical (unpaired) electrons. The molecule has 0 aliphatic carbocycles. The third-order valence-corrected chi connectivity index (χ3v) is 2.97. The van der Waals surface area contributed by atoms with Crippen LogP contribution in [-0.4, -0.2) is 11.0 Å². The van der Waals surface area contributed by atoms with Crippen molar-refractivity contribution in [2.24, 2.45) is 11.7 Å². The van der Waals surface area contributed by atoms with Crippen LogP contribution in [0.4, 0.5) is 10.1 Å². The molecule has 2 N–H and O–H groups in total. The number of hydrogen-bond donors (Lipinski definition) is 1. The second-order valence-corrected chi connectivity index (χ2v) is 4.27. The van der Waals surface area contributed by atoms with Gasteiger partial charge in [0.2, 0.25) is 5.82 Å². The molecule has 4 nitrogen and oxygen atoms in total. The molecule has 94 valence electrons. The lowest BCUT2D eigenvalue weighted by atomic mass is 9.91. The molecule has 17 heavy (non-hydrogen) atoms. The molecule has 0 aliphatic rings. The van der Waals surface area contributed by atoms with E-state index < -0.39 is 16.4 Å². The van der Waals surface area contributed by atoms with E-state index >= 15 is 0 Å². The average Bonchev–Trinajstić information content (AvgIpc) is 2.24. The molecule has 0 bridgehead atoms. The van der Waals surface area contributed by atoms with E-state index in [0.717, 1.165) is 12.0 Å². The summed E-state index contributed by atoms with van der Waals surface area (Å²) in [4.78, 5) is 9.74. The molecule has 0 amide bonds.